The average Bonchev–Trinajstić information content (AvgIpc) is 2.58. The molecule has 0 bridgehead atoms. The van der Waals surface area contributed by atoms with E-state index in [4.69, 9.17) is 9.31 Å². The summed E-state index contributed by atoms with van der Waals surface area (Å²) in [6, 6.07) is 4.59. The van der Waals surface area contributed by atoms with Gasteiger partial charge < -0.3 is 14.0 Å². The lowest BCUT2D eigenvalue weighted by atomic mass is 9.78. The predicted octanol–water partition coefficient (Wildman–Crippen LogP) is 2.22. The fraction of sp³-hybridized carbons (Fsp3) is 0.571. The average molecular weight is 313 g/mol. The highest BCUT2D eigenvalue weighted by atomic mass is 32.2. The van der Waals surface area contributed by atoms with Gasteiger partial charge in [0.25, 0.3) is 0 Å². The molecule has 1 aliphatic heterocycles. The van der Waals surface area contributed by atoms with E-state index >= 15 is 0 Å². The summed E-state index contributed by atoms with van der Waals surface area (Å²) >= 11 is 0. The second-order valence-corrected chi connectivity index (χ2v) is 7.53. The maximum absolute atomic E-state index is 14.3. The summed E-state index contributed by atoms with van der Waals surface area (Å²) in [5, 5.41) is 0. The van der Waals surface area contributed by atoms with Gasteiger partial charge in [-0.2, -0.15) is 0 Å². The van der Waals surface area contributed by atoms with E-state index in [1.807, 2.05) is 27.7 Å². The van der Waals surface area contributed by atoms with Crippen LogP contribution < -0.4 is 10.2 Å². The highest BCUT2D eigenvalue weighted by Crippen LogP contribution is 2.36. The second kappa shape index (κ2) is 5.70. The molecule has 2 rings (SSSR count). The summed E-state index contributed by atoms with van der Waals surface area (Å²) in [6.07, 6.45) is 0. The standard InChI is InChI=1S/C14H21BFNO3S/c1-6-21(18)17-10-7-8-11(12(16)9-10)15-19-13(2,3)14(4,5)20-15/h7-9,17H,6H2,1-5H3. The van der Waals surface area contributed by atoms with Crippen molar-refractivity contribution in [1.82, 2.24) is 0 Å². The van der Waals surface area contributed by atoms with Gasteiger partial charge in [0.05, 0.1) is 11.2 Å². The van der Waals surface area contributed by atoms with E-state index in [0.717, 1.165) is 0 Å². The molecule has 1 heterocycles. The van der Waals surface area contributed by atoms with Crippen LogP contribution in [-0.2, 0) is 20.3 Å². The quantitative estimate of drug-likeness (QED) is 0.867. The van der Waals surface area contributed by atoms with E-state index < -0.39 is 35.1 Å². The van der Waals surface area contributed by atoms with Crippen molar-refractivity contribution in [3.05, 3.63) is 24.0 Å². The van der Waals surface area contributed by atoms with Crippen molar-refractivity contribution in [3.8, 4) is 0 Å². The van der Waals surface area contributed by atoms with Crippen molar-refractivity contribution < 1.29 is 17.9 Å². The van der Waals surface area contributed by atoms with Gasteiger partial charge in [-0.05, 0) is 39.8 Å². The van der Waals surface area contributed by atoms with Gasteiger partial charge in [0.1, 0.15) is 16.8 Å². The lowest BCUT2D eigenvalue weighted by Crippen LogP contribution is -2.41. The molecule has 0 saturated carbocycles. The number of anilines is 1. The summed E-state index contributed by atoms with van der Waals surface area (Å²) in [5.41, 5.74) is -0.190. The van der Waals surface area contributed by atoms with Crippen LogP contribution >= 0.6 is 0 Å². The highest BCUT2D eigenvalue weighted by Gasteiger charge is 2.52. The van der Waals surface area contributed by atoms with Crippen molar-refractivity contribution in [2.24, 2.45) is 0 Å². The molecule has 0 spiro atoms. The Morgan fingerprint density at radius 1 is 1.24 bits per heavy atom. The third kappa shape index (κ3) is 3.30. The minimum Gasteiger partial charge on any atom is -0.399 e. The smallest absolute Gasteiger partial charge is 0.399 e. The lowest BCUT2D eigenvalue weighted by Gasteiger charge is -2.32. The molecule has 116 valence electrons. The first-order valence-corrected chi connectivity index (χ1v) is 8.28. The third-order valence-corrected chi connectivity index (χ3v) is 4.99. The molecule has 0 aliphatic carbocycles. The third-order valence-electron chi connectivity index (χ3n) is 4.00. The van der Waals surface area contributed by atoms with Gasteiger partial charge in [-0.25, -0.2) is 8.60 Å². The zero-order valence-electron chi connectivity index (χ0n) is 13.0. The fourth-order valence-corrected chi connectivity index (χ4v) is 2.49. The molecular weight excluding hydrogens is 292 g/mol. The van der Waals surface area contributed by atoms with Crippen LogP contribution in [0.2, 0.25) is 0 Å². The molecule has 0 aromatic heterocycles. The van der Waals surface area contributed by atoms with Gasteiger partial charge in [0.2, 0.25) is 0 Å². The molecule has 21 heavy (non-hydrogen) atoms. The van der Waals surface area contributed by atoms with Gasteiger partial charge in [-0.1, -0.05) is 13.0 Å². The Balaban J connectivity index is 2.21. The van der Waals surface area contributed by atoms with E-state index in [2.05, 4.69) is 4.72 Å². The molecule has 1 N–H and O–H groups in total. The van der Waals surface area contributed by atoms with Gasteiger partial charge in [-0.3, -0.25) is 0 Å². The molecule has 1 saturated heterocycles. The van der Waals surface area contributed by atoms with Gasteiger partial charge >= 0.3 is 7.12 Å². The first kappa shape index (κ1) is 16.5. The van der Waals surface area contributed by atoms with E-state index in [-0.39, 0.29) is 0 Å². The van der Waals surface area contributed by atoms with Crippen LogP contribution in [0.15, 0.2) is 18.2 Å². The van der Waals surface area contributed by atoms with E-state index in [1.54, 1.807) is 19.1 Å². The van der Waals surface area contributed by atoms with Crippen LogP contribution in [0.25, 0.3) is 0 Å². The lowest BCUT2D eigenvalue weighted by molar-refractivity contribution is 0.00578. The minimum absolute atomic E-state index is 0.349. The van der Waals surface area contributed by atoms with Crippen LogP contribution in [-0.4, -0.2) is 28.3 Å². The zero-order valence-corrected chi connectivity index (χ0v) is 13.8. The topological polar surface area (TPSA) is 47.6 Å². The Morgan fingerprint density at radius 2 is 1.81 bits per heavy atom. The van der Waals surface area contributed by atoms with Crippen molar-refractivity contribution in [1.29, 1.82) is 0 Å². The molecule has 1 unspecified atom stereocenters. The Kier molecular flexibility index (Phi) is 4.47. The molecule has 0 radical (unpaired) electrons. The summed E-state index contributed by atoms with van der Waals surface area (Å²) in [4.78, 5) is 0. The molecule has 1 fully saturated rings. The first-order chi connectivity index (χ1) is 9.66. The minimum atomic E-state index is -1.20. The van der Waals surface area contributed by atoms with Gasteiger partial charge in [-0.15, -0.1) is 0 Å². The van der Waals surface area contributed by atoms with Gasteiger partial charge in [0.15, 0.2) is 0 Å². The Morgan fingerprint density at radius 3 is 2.29 bits per heavy atom. The van der Waals surface area contributed by atoms with E-state index in [9.17, 15) is 8.60 Å². The monoisotopic (exact) mass is 313 g/mol. The van der Waals surface area contributed by atoms with Crippen molar-refractivity contribution in [2.75, 3.05) is 10.5 Å². The first-order valence-electron chi connectivity index (χ1n) is 6.96. The number of rotatable bonds is 4. The number of hydrogen-bond donors (Lipinski definition) is 1. The number of benzene rings is 1. The van der Waals surface area contributed by atoms with Crippen LogP contribution in [0.1, 0.15) is 34.6 Å². The summed E-state index contributed by atoms with van der Waals surface area (Å²) in [7, 11) is -1.93. The van der Waals surface area contributed by atoms with Crippen LogP contribution in [0, 0.1) is 5.82 Å². The van der Waals surface area contributed by atoms with Crippen LogP contribution in [0.4, 0.5) is 10.1 Å². The Hall–Kier alpha value is -0.915. The highest BCUT2D eigenvalue weighted by molar-refractivity contribution is 7.86. The van der Waals surface area contributed by atoms with Crippen molar-refractivity contribution in [3.63, 3.8) is 0 Å². The molecule has 0 amide bonds. The maximum atomic E-state index is 14.3. The Bertz CT molecular complexity index is 549. The Labute approximate surface area is 128 Å². The van der Waals surface area contributed by atoms with Gasteiger partial charge in [0, 0.05) is 16.9 Å². The summed E-state index contributed by atoms with van der Waals surface area (Å²) in [6.45, 7) is 9.48. The van der Waals surface area contributed by atoms with Crippen molar-refractivity contribution in [2.45, 2.75) is 45.8 Å². The predicted molar refractivity (Wildman–Crippen MR) is 84.4 cm³/mol. The SMILES string of the molecule is CCS(=O)Nc1ccc(B2OC(C)(C)C(C)(C)O2)c(F)c1. The molecule has 7 heteroatoms. The normalized spacial score (nSPS) is 21.3. The molecular formula is C14H21BFNO3S. The number of halogens is 1. The second-order valence-electron chi connectivity index (χ2n) is 6.06. The summed E-state index contributed by atoms with van der Waals surface area (Å²) in [5.74, 6) is 0.0206. The van der Waals surface area contributed by atoms with Crippen molar-refractivity contribution >= 4 is 29.3 Å². The van der Waals surface area contributed by atoms with Crippen LogP contribution in [0.3, 0.4) is 0 Å². The zero-order chi connectivity index (χ0) is 15.8. The fourth-order valence-electron chi connectivity index (χ4n) is 1.96. The molecule has 1 aromatic carbocycles. The largest absolute Gasteiger partial charge is 0.497 e. The van der Waals surface area contributed by atoms with E-state index in [1.165, 1.54) is 6.07 Å². The number of hydrogen-bond acceptors (Lipinski definition) is 3. The molecule has 1 aromatic rings. The number of nitrogens with one attached hydrogen (secondary N) is 1. The maximum Gasteiger partial charge on any atom is 0.497 e. The molecule has 1 atom stereocenters. The van der Waals surface area contributed by atoms with E-state index in [0.29, 0.717) is 16.9 Å². The molecule has 4 nitrogen and oxygen atoms in total. The van der Waals surface area contributed by atoms with Crippen LogP contribution in [0.5, 0.6) is 0 Å². The molecule has 1 aliphatic rings. The summed E-state index contributed by atoms with van der Waals surface area (Å²) < 4.78 is 40.1.